The number of pyridine rings is 1. The van der Waals surface area contributed by atoms with E-state index in [4.69, 9.17) is 14.8 Å². The zero-order chi connectivity index (χ0) is 30.5. The number of halogens is 1. The molecule has 2 fully saturated rings. The van der Waals surface area contributed by atoms with Gasteiger partial charge in [0.2, 0.25) is 5.91 Å². The first kappa shape index (κ1) is 30.1. The lowest BCUT2D eigenvalue weighted by molar-refractivity contribution is -0.121. The van der Waals surface area contributed by atoms with Crippen molar-refractivity contribution in [1.82, 2.24) is 29.7 Å². The fraction of sp³-hybridized carbons (Fsp3) is 0.606. The molecule has 9 nitrogen and oxygen atoms in total. The summed E-state index contributed by atoms with van der Waals surface area (Å²) >= 11 is 0. The highest BCUT2D eigenvalue weighted by molar-refractivity contribution is 5.97. The molecule has 0 aliphatic carbocycles. The Kier molecular flexibility index (Phi) is 8.32. The number of rotatable bonds is 7. The molecular weight excluding hydrogens is 545 g/mol. The molecule has 0 bridgehead atoms. The number of ether oxygens (including phenoxy) is 1. The molecule has 232 valence electrons. The van der Waals surface area contributed by atoms with Crippen LogP contribution in [0.25, 0.3) is 5.65 Å². The molecule has 3 aromatic rings. The van der Waals surface area contributed by atoms with E-state index in [-0.39, 0.29) is 29.1 Å². The number of hydrogen-bond acceptors (Lipinski definition) is 7. The first-order valence-corrected chi connectivity index (χ1v) is 15.8. The summed E-state index contributed by atoms with van der Waals surface area (Å²) in [6.45, 7) is 19.0. The fourth-order valence-electron chi connectivity index (χ4n) is 6.88. The molecule has 3 aliphatic rings. The van der Waals surface area contributed by atoms with Crippen molar-refractivity contribution in [1.29, 1.82) is 0 Å². The van der Waals surface area contributed by atoms with E-state index in [9.17, 15) is 9.18 Å². The van der Waals surface area contributed by atoms with E-state index >= 15 is 0 Å². The zero-order valence-corrected chi connectivity index (χ0v) is 26.4. The molecule has 5 heterocycles. The normalized spacial score (nSPS) is 24.7. The van der Waals surface area contributed by atoms with Crippen LogP contribution >= 0.6 is 0 Å². The number of piperazine rings is 1. The number of benzene rings is 1. The SMILES string of the molecule is CC(C)c1nc2c(Cc3ccc(F)cc3)cc3c(n2n1)C(C)(C)CN3C(=O)CN1C[C@@H](C)NC[C@@H]1CN1CCOC[C@H]1C. The Balaban J connectivity index is 1.33. The topological polar surface area (TPSA) is 78.2 Å². The average Bonchev–Trinajstić information content (AvgIpc) is 3.52. The van der Waals surface area contributed by atoms with Gasteiger partial charge in [-0.3, -0.25) is 14.6 Å². The first-order valence-electron chi connectivity index (χ1n) is 15.8. The number of fused-ring (bicyclic) bond motifs is 3. The number of morpholine rings is 1. The first-order chi connectivity index (χ1) is 20.5. The van der Waals surface area contributed by atoms with Crippen LogP contribution in [-0.4, -0.2) is 101 Å². The van der Waals surface area contributed by atoms with Gasteiger partial charge in [0.05, 0.1) is 31.1 Å². The molecule has 43 heavy (non-hydrogen) atoms. The Morgan fingerprint density at radius 1 is 1.19 bits per heavy atom. The quantitative estimate of drug-likeness (QED) is 0.450. The minimum Gasteiger partial charge on any atom is -0.379 e. The van der Waals surface area contributed by atoms with E-state index in [2.05, 4.69) is 62.7 Å². The zero-order valence-electron chi connectivity index (χ0n) is 26.4. The highest BCUT2D eigenvalue weighted by Crippen LogP contribution is 2.42. The third-order valence-electron chi connectivity index (χ3n) is 9.30. The van der Waals surface area contributed by atoms with Crippen LogP contribution in [-0.2, 0) is 21.4 Å². The van der Waals surface area contributed by atoms with Crippen LogP contribution < -0.4 is 10.2 Å². The van der Waals surface area contributed by atoms with E-state index in [1.807, 2.05) is 21.5 Å². The Morgan fingerprint density at radius 3 is 2.67 bits per heavy atom. The second-order valence-corrected chi connectivity index (χ2v) is 13.7. The molecule has 10 heteroatoms. The second-order valence-electron chi connectivity index (χ2n) is 13.7. The van der Waals surface area contributed by atoms with Gasteiger partial charge >= 0.3 is 0 Å². The predicted molar refractivity (Wildman–Crippen MR) is 166 cm³/mol. The molecule has 0 saturated carbocycles. The van der Waals surface area contributed by atoms with Gasteiger partial charge in [0.1, 0.15) is 5.82 Å². The Morgan fingerprint density at radius 2 is 1.95 bits per heavy atom. The molecule has 0 spiro atoms. The summed E-state index contributed by atoms with van der Waals surface area (Å²) in [5, 5.41) is 8.61. The molecule has 2 aromatic heterocycles. The van der Waals surface area contributed by atoms with Crippen molar-refractivity contribution in [3.8, 4) is 0 Å². The molecule has 3 aliphatic heterocycles. The summed E-state index contributed by atoms with van der Waals surface area (Å²) in [7, 11) is 0. The molecule has 0 unspecified atom stereocenters. The maximum atomic E-state index is 14.3. The summed E-state index contributed by atoms with van der Waals surface area (Å²) in [6, 6.07) is 9.68. The van der Waals surface area contributed by atoms with Gasteiger partial charge in [-0.1, -0.05) is 39.8 Å². The van der Waals surface area contributed by atoms with Crippen LogP contribution in [0.2, 0.25) is 0 Å². The molecule has 1 amide bonds. The van der Waals surface area contributed by atoms with E-state index in [1.54, 1.807) is 0 Å². The number of anilines is 1. The van der Waals surface area contributed by atoms with Crippen LogP contribution in [0.3, 0.4) is 0 Å². The van der Waals surface area contributed by atoms with Crippen molar-refractivity contribution in [2.45, 2.75) is 77.4 Å². The van der Waals surface area contributed by atoms with Crippen molar-refractivity contribution in [2.24, 2.45) is 0 Å². The van der Waals surface area contributed by atoms with Crippen molar-refractivity contribution >= 4 is 17.2 Å². The number of nitrogens with one attached hydrogen (secondary N) is 1. The van der Waals surface area contributed by atoms with E-state index in [0.717, 1.165) is 73.4 Å². The minimum absolute atomic E-state index is 0.109. The van der Waals surface area contributed by atoms with Gasteiger partial charge in [0, 0.05) is 74.2 Å². The van der Waals surface area contributed by atoms with Crippen LogP contribution in [0.15, 0.2) is 30.3 Å². The Bertz CT molecular complexity index is 1470. The number of carbonyl (C=O) groups excluding carboxylic acids is 1. The van der Waals surface area contributed by atoms with E-state index in [0.29, 0.717) is 31.6 Å². The third kappa shape index (κ3) is 6.07. The number of nitrogens with zero attached hydrogens (tertiary/aromatic N) is 6. The Labute approximate surface area is 254 Å². The number of hydrogen-bond donors (Lipinski definition) is 1. The molecule has 1 N–H and O–H groups in total. The molecule has 2 saturated heterocycles. The lowest BCUT2D eigenvalue weighted by atomic mass is 9.90. The molecular formula is C33H46FN7O2. The molecule has 3 atom stereocenters. The predicted octanol–water partition coefficient (Wildman–Crippen LogP) is 3.59. The van der Waals surface area contributed by atoms with Crippen molar-refractivity contribution in [3.63, 3.8) is 0 Å². The second kappa shape index (κ2) is 11.9. The summed E-state index contributed by atoms with van der Waals surface area (Å²) in [4.78, 5) is 26.1. The van der Waals surface area contributed by atoms with Gasteiger partial charge in [-0.25, -0.2) is 13.9 Å². The minimum atomic E-state index is -0.307. The lowest BCUT2D eigenvalue weighted by Gasteiger charge is -2.43. The smallest absolute Gasteiger partial charge is 0.241 e. The summed E-state index contributed by atoms with van der Waals surface area (Å²) < 4.78 is 21.3. The van der Waals surface area contributed by atoms with Gasteiger partial charge in [-0.05, 0) is 37.6 Å². The number of carbonyl (C=O) groups is 1. The van der Waals surface area contributed by atoms with Gasteiger partial charge in [-0.2, -0.15) is 5.10 Å². The van der Waals surface area contributed by atoms with Crippen molar-refractivity contribution < 1.29 is 13.9 Å². The van der Waals surface area contributed by atoms with Crippen LogP contribution in [0.5, 0.6) is 0 Å². The van der Waals surface area contributed by atoms with Crippen LogP contribution in [0.4, 0.5) is 10.1 Å². The summed E-state index contributed by atoms with van der Waals surface area (Å²) in [6.07, 6.45) is 0.574. The average molecular weight is 592 g/mol. The van der Waals surface area contributed by atoms with Crippen LogP contribution in [0.1, 0.15) is 70.1 Å². The van der Waals surface area contributed by atoms with E-state index in [1.165, 1.54) is 12.1 Å². The van der Waals surface area contributed by atoms with Gasteiger partial charge in [0.15, 0.2) is 11.5 Å². The van der Waals surface area contributed by atoms with E-state index < -0.39 is 0 Å². The van der Waals surface area contributed by atoms with Crippen LogP contribution in [0, 0.1) is 5.82 Å². The molecule has 6 rings (SSSR count). The highest BCUT2D eigenvalue weighted by Gasteiger charge is 2.43. The van der Waals surface area contributed by atoms with Gasteiger partial charge < -0.3 is 15.0 Å². The van der Waals surface area contributed by atoms with Gasteiger partial charge in [-0.15, -0.1) is 0 Å². The van der Waals surface area contributed by atoms with Crippen molar-refractivity contribution in [2.75, 3.05) is 57.4 Å². The third-order valence-corrected chi connectivity index (χ3v) is 9.30. The Hall–Kier alpha value is -2.92. The molecule has 1 aromatic carbocycles. The largest absolute Gasteiger partial charge is 0.379 e. The highest BCUT2D eigenvalue weighted by atomic mass is 19.1. The summed E-state index contributed by atoms with van der Waals surface area (Å²) in [5.41, 5.74) is 4.40. The molecule has 0 radical (unpaired) electrons. The monoisotopic (exact) mass is 591 g/mol. The maximum Gasteiger partial charge on any atom is 0.241 e. The fourth-order valence-corrected chi connectivity index (χ4v) is 6.88. The summed E-state index contributed by atoms with van der Waals surface area (Å²) in [5.74, 6) is 0.799. The lowest BCUT2D eigenvalue weighted by Crippen LogP contribution is -2.62. The number of amides is 1. The van der Waals surface area contributed by atoms with Crippen molar-refractivity contribution in [3.05, 3.63) is 58.8 Å². The standard InChI is InChI=1S/C33H46FN7O2/c1-21(2)31-36-32-25(13-24-7-9-26(34)10-8-24)14-28-30(41(32)37-31)33(5,6)20-40(28)29(42)18-39-16-22(3)35-15-27(39)17-38-11-12-43-19-23(38)4/h7-10,14,21-23,27,35H,11-13,15-20H2,1-6H3/t22-,23-,27-/m1/s1. The number of aromatic nitrogens is 3. The van der Waals surface area contributed by atoms with Gasteiger partial charge in [0.25, 0.3) is 0 Å². The maximum absolute atomic E-state index is 14.3.